The SMILES string of the molecule is CC(=N)N1CCc2nc(Cc3nc4ccc(C(=O)NCCOc5ccccc5Cl)cc4n3C)[nH]c2C1. The second-order valence-electron chi connectivity index (χ2n) is 8.87. The molecule has 10 heteroatoms. The molecule has 1 aliphatic rings. The van der Waals surface area contributed by atoms with Crippen molar-refractivity contribution in [2.24, 2.45) is 7.05 Å². The number of para-hydroxylation sites is 1. The number of nitrogens with zero attached hydrogens (tertiary/aromatic N) is 4. The fourth-order valence-corrected chi connectivity index (χ4v) is 4.59. The number of aromatic amines is 1. The van der Waals surface area contributed by atoms with Gasteiger partial charge in [0.2, 0.25) is 0 Å². The van der Waals surface area contributed by atoms with Crippen LogP contribution in [-0.2, 0) is 26.4 Å². The third-order valence-corrected chi connectivity index (χ3v) is 6.71. The predicted molar refractivity (Wildman–Crippen MR) is 139 cm³/mol. The van der Waals surface area contributed by atoms with Crippen molar-refractivity contribution in [3.8, 4) is 5.75 Å². The summed E-state index contributed by atoms with van der Waals surface area (Å²) in [6.45, 7) is 3.98. The number of benzene rings is 2. The highest BCUT2D eigenvalue weighted by Gasteiger charge is 2.21. The number of halogens is 1. The van der Waals surface area contributed by atoms with Gasteiger partial charge in [-0.2, -0.15) is 0 Å². The fraction of sp³-hybridized carbons (Fsp3) is 0.308. The van der Waals surface area contributed by atoms with Gasteiger partial charge in [-0.25, -0.2) is 9.97 Å². The molecule has 3 N–H and O–H groups in total. The first-order chi connectivity index (χ1) is 17.4. The minimum atomic E-state index is -0.174. The number of ether oxygens (including phenoxy) is 1. The summed E-state index contributed by atoms with van der Waals surface area (Å²) in [5, 5.41) is 11.3. The van der Waals surface area contributed by atoms with E-state index in [1.807, 2.05) is 47.7 Å². The number of aromatic nitrogens is 4. The van der Waals surface area contributed by atoms with Crippen LogP contribution in [-0.4, -0.2) is 55.9 Å². The first-order valence-electron chi connectivity index (χ1n) is 11.9. The van der Waals surface area contributed by atoms with Crippen LogP contribution in [0, 0.1) is 5.41 Å². The van der Waals surface area contributed by atoms with Gasteiger partial charge in [-0.1, -0.05) is 23.7 Å². The van der Waals surface area contributed by atoms with E-state index in [9.17, 15) is 4.79 Å². The lowest BCUT2D eigenvalue weighted by Crippen LogP contribution is -2.33. The number of aryl methyl sites for hydroxylation is 1. The molecule has 3 heterocycles. The first-order valence-corrected chi connectivity index (χ1v) is 12.2. The number of nitrogens with one attached hydrogen (secondary N) is 3. The van der Waals surface area contributed by atoms with Gasteiger partial charge in [0.05, 0.1) is 52.8 Å². The molecule has 0 aliphatic carbocycles. The minimum absolute atomic E-state index is 0.174. The molecule has 1 amide bonds. The second kappa shape index (κ2) is 10.0. The van der Waals surface area contributed by atoms with E-state index in [4.69, 9.17) is 31.7 Å². The van der Waals surface area contributed by atoms with E-state index in [-0.39, 0.29) is 5.91 Å². The van der Waals surface area contributed by atoms with Crippen LogP contribution in [0.5, 0.6) is 5.75 Å². The summed E-state index contributed by atoms with van der Waals surface area (Å²) in [6.07, 6.45) is 1.38. The van der Waals surface area contributed by atoms with Crippen molar-refractivity contribution in [3.05, 3.63) is 76.1 Å². The van der Waals surface area contributed by atoms with Gasteiger partial charge in [-0.05, 0) is 37.3 Å². The highest BCUT2D eigenvalue weighted by atomic mass is 35.5. The maximum Gasteiger partial charge on any atom is 0.251 e. The van der Waals surface area contributed by atoms with Crippen molar-refractivity contribution in [2.75, 3.05) is 19.7 Å². The summed E-state index contributed by atoms with van der Waals surface area (Å²) in [6, 6.07) is 12.8. The molecule has 1 aliphatic heterocycles. The van der Waals surface area contributed by atoms with Crippen LogP contribution in [0.2, 0.25) is 5.02 Å². The molecule has 5 rings (SSSR count). The number of fused-ring (bicyclic) bond motifs is 2. The van der Waals surface area contributed by atoms with Crippen molar-refractivity contribution in [1.29, 1.82) is 5.41 Å². The van der Waals surface area contributed by atoms with Crippen molar-refractivity contribution in [3.63, 3.8) is 0 Å². The lowest BCUT2D eigenvalue weighted by Gasteiger charge is -2.26. The smallest absolute Gasteiger partial charge is 0.251 e. The highest BCUT2D eigenvalue weighted by molar-refractivity contribution is 6.32. The Hall–Kier alpha value is -3.85. The third-order valence-electron chi connectivity index (χ3n) is 6.40. The normalized spacial score (nSPS) is 13.0. The number of carbonyl (C=O) groups excluding carboxylic acids is 1. The first kappa shape index (κ1) is 23.9. The number of imidazole rings is 2. The number of rotatable bonds is 7. The van der Waals surface area contributed by atoms with Crippen LogP contribution < -0.4 is 10.1 Å². The van der Waals surface area contributed by atoms with Gasteiger partial charge in [0.25, 0.3) is 5.91 Å². The maximum atomic E-state index is 12.7. The van der Waals surface area contributed by atoms with Gasteiger partial charge in [0.15, 0.2) is 0 Å². The summed E-state index contributed by atoms with van der Waals surface area (Å²) in [5.41, 5.74) is 4.41. The Morgan fingerprint density at radius 1 is 1.25 bits per heavy atom. The lowest BCUT2D eigenvalue weighted by atomic mass is 10.1. The average Bonchev–Trinajstić information content (AvgIpc) is 3.42. The molecule has 2 aromatic carbocycles. The molecule has 2 aromatic heterocycles. The molecular weight excluding hydrogens is 478 g/mol. The summed E-state index contributed by atoms with van der Waals surface area (Å²) in [7, 11) is 1.95. The standard InChI is InChI=1S/C26H28ClN7O2/c1-16(28)34-11-9-19-21(15-34)31-24(30-19)14-25-32-20-8-7-17(13-22(20)33(25)2)26(35)29-10-12-36-23-6-4-3-5-18(23)27/h3-8,13,28H,9-12,14-15H2,1-2H3,(H,29,35)(H,30,31). The van der Waals surface area contributed by atoms with Crippen LogP contribution in [0.15, 0.2) is 42.5 Å². The number of hydrogen-bond acceptors (Lipinski definition) is 5. The second-order valence-corrected chi connectivity index (χ2v) is 9.28. The third kappa shape index (κ3) is 4.92. The Morgan fingerprint density at radius 2 is 2.08 bits per heavy atom. The molecule has 36 heavy (non-hydrogen) atoms. The molecular formula is C26H28ClN7O2. The van der Waals surface area contributed by atoms with Crippen LogP contribution in [0.4, 0.5) is 0 Å². The molecule has 9 nitrogen and oxygen atoms in total. The molecule has 0 unspecified atom stereocenters. The van der Waals surface area contributed by atoms with Crippen LogP contribution in [0.1, 0.15) is 40.3 Å². The number of amidine groups is 1. The van der Waals surface area contributed by atoms with Crippen molar-refractivity contribution in [1.82, 2.24) is 29.7 Å². The molecule has 0 spiro atoms. The molecule has 0 fully saturated rings. The predicted octanol–water partition coefficient (Wildman–Crippen LogP) is 3.70. The van der Waals surface area contributed by atoms with E-state index < -0.39 is 0 Å². The number of amides is 1. The quantitative estimate of drug-likeness (QED) is 0.201. The Morgan fingerprint density at radius 3 is 2.89 bits per heavy atom. The van der Waals surface area contributed by atoms with Crippen molar-refractivity contribution >= 4 is 34.4 Å². The zero-order valence-corrected chi connectivity index (χ0v) is 21.0. The van der Waals surface area contributed by atoms with Crippen LogP contribution in [0.3, 0.4) is 0 Å². The van der Waals surface area contributed by atoms with Crippen LogP contribution in [0.25, 0.3) is 11.0 Å². The van der Waals surface area contributed by atoms with Crippen LogP contribution >= 0.6 is 11.6 Å². The highest BCUT2D eigenvalue weighted by Crippen LogP contribution is 2.23. The molecule has 0 saturated carbocycles. The zero-order valence-electron chi connectivity index (χ0n) is 20.3. The Labute approximate surface area is 214 Å². The van der Waals surface area contributed by atoms with Gasteiger partial charge < -0.3 is 24.5 Å². The van der Waals surface area contributed by atoms with E-state index in [1.165, 1.54) is 0 Å². The van der Waals surface area contributed by atoms with E-state index >= 15 is 0 Å². The van der Waals surface area contributed by atoms with E-state index in [0.29, 0.717) is 48.3 Å². The van der Waals surface area contributed by atoms with Gasteiger partial charge in [-0.3, -0.25) is 10.2 Å². The van der Waals surface area contributed by atoms with Crippen molar-refractivity contribution < 1.29 is 9.53 Å². The largest absolute Gasteiger partial charge is 0.490 e. The van der Waals surface area contributed by atoms with E-state index in [1.54, 1.807) is 18.2 Å². The molecule has 0 radical (unpaired) electrons. The van der Waals surface area contributed by atoms with Crippen molar-refractivity contribution in [2.45, 2.75) is 26.3 Å². The summed E-state index contributed by atoms with van der Waals surface area (Å²) in [5.74, 6) is 2.71. The van der Waals surface area contributed by atoms with E-state index in [2.05, 4.69) is 10.3 Å². The molecule has 0 bridgehead atoms. The topological polar surface area (TPSA) is 112 Å². The average molecular weight is 506 g/mol. The van der Waals surface area contributed by atoms with Gasteiger partial charge >= 0.3 is 0 Å². The molecule has 186 valence electrons. The number of hydrogen-bond donors (Lipinski definition) is 3. The maximum absolute atomic E-state index is 12.7. The molecule has 4 aromatic rings. The Bertz CT molecular complexity index is 1440. The summed E-state index contributed by atoms with van der Waals surface area (Å²) in [4.78, 5) is 27.7. The monoisotopic (exact) mass is 505 g/mol. The molecule has 0 saturated heterocycles. The Kier molecular flexibility index (Phi) is 6.65. The lowest BCUT2D eigenvalue weighted by molar-refractivity contribution is 0.0947. The summed E-state index contributed by atoms with van der Waals surface area (Å²) < 4.78 is 7.64. The van der Waals surface area contributed by atoms with Gasteiger partial charge in [0.1, 0.15) is 24.0 Å². The fourth-order valence-electron chi connectivity index (χ4n) is 4.40. The number of carbonyl (C=O) groups is 1. The summed E-state index contributed by atoms with van der Waals surface area (Å²) >= 11 is 6.09. The minimum Gasteiger partial charge on any atom is -0.490 e. The zero-order chi connectivity index (χ0) is 25.2. The molecule has 0 atom stereocenters. The van der Waals surface area contributed by atoms with E-state index in [0.717, 1.165) is 47.0 Å². The van der Waals surface area contributed by atoms with Gasteiger partial charge in [-0.15, -0.1) is 0 Å². The Balaban J connectivity index is 1.24. The number of H-pyrrole nitrogens is 1. The van der Waals surface area contributed by atoms with Gasteiger partial charge in [0, 0.05) is 25.6 Å².